The van der Waals surface area contributed by atoms with Crippen molar-refractivity contribution in [2.45, 2.75) is 39.7 Å². The fourth-order valence-electron chi connectivity index (χ4n) is 3.55. The molecule has 0 spiro atoms. The largest absolute Gasteiger partial charge is 0.339 e. The lowest BCUT2D eigenvalue weighted by molar-refractivity contribution is 0.0697. The number of halogens is 1. The monoisotopic (exact) mass is 457 g/mol. The number of hydrogen-bond acceptors (Lipinski definition) is 2. The minimum atomic E-state index is -0.273. The maximum absolute atomic E-state index is 12.7. The molecule has 1 unspecified atom stereocenters. The van der Waals surface area contributed by atoms with E-state index in [0.717, 1.165) is 41.5 Å². The van der Waals surface area contributed by atoms with Crippen LogP contribution >= 0.6 is 15.9 Å². The van der Waals surface area contributed by atoms with E-state index >= 15 is 0 Å². The van der Waals surface area contributed by atoms with E-state index in [2.05, 4.69) is 33.5 Å². The summed E-state index contributed by atoms with van der Waals surface area (Å²) < 4.78 is 0.975. The second-order valence-electron chi connectivity index (χ2n) is 7.88. The number of urea groups is 1. The molecule has 0 radical (unpaired) electrons. The van der Waals surface area contributed by atoms with E-state index in [0.29, 0.717) is 17.2 Å². The van der Waals surface area contributed by atoms with E-state index in [1.807, 2.05) is 49.1 Å². The predicted molar refractivity (Wildman–Crippen MR) is 120 cm³/mol. The van der Waals surface area contributed by atoms with Gasteiger partial charge in [-0.05, 0) is 74.1 Å². The topological polar surface area (TPSA) is 61.4 Å². The molecule has 0 saturated carbocycles. The van der Waals surface area contributed by atoms with Gasteiger partial charge in [-0.2, -0.15) is 0 Å². The molecule has 2 N–H and O–H groups in total. The van der Waals surface area contributed by atoms with Gasteiger partial charge < -0.3 is 15.5 Å². The number of nitrogens with zero attached hydrogens (tertiary/aromatic N) is 1. The van der Waals surface area contributed by atoms with Crippen LogP contribution in [0.5, 0.6) is 0 Å². The zero-order valence-corrected chi connectivity index (χ0v) is 18.8. The molecule has 1 fully saturated rings. The maximum Gasteiger partial charge on any atom is 0.319 e. The smallest absolute Gasteiger partial charge is 0.319 e. The SMILES string of the molecule is Cc1cc(C(=O)N2CCC(C)CC2)ccc1NC(=O)NC(C)c1cccc(Br)c1. The molecule has 2 aromatic carbocycles. The van der Waals surface area contributed by atoms with Gasteiger partial charge in [-0.25, -0.2) is 4.79 Å². The average molecular weight is 458 g/mol. The highest BCUT2D eigenvalue weighted by atomic mass is 79.9. The van der Waals surface area contributed by atoms with Crippen molar-refractivity contribution in [3.63, 3.8) is 0 Å². The third kappa shape index (κ3) is 5.60. The zero-order chi connectivity index (χ0) is 21.0. The first kappa shape index (κ1) is 21.4. The predicted octanol–water partition coefficient (Wildman–Crippen LogP) is 5.51. The van der Waals surface area contributed by atoms with Crippen molar-refractivity contribution in [3.8, 4) is 0 Å². The van der Waals surface area contributed by atoms with Crippen molar-refractivity contribution in [2.24, 2.45) is 5.92 Å². The number of piperidine rings is 1. The molecule has 0 aromatic heterocycles. The third-order valence-corrected chi connectivity index (χ3v) is 5.98. The van der Waals surface area contributed by atoms with Crippen molar-refractivity contribution < 1.29 is 9.59 Å². The minimum absolute atomic E-state index is 0.0688. The number of likely N-dealkylation sites (tertiary alicyclic amines) is 1. The molecule has 0 aliphatic carbocycles. The van der Waals surface area contributed by atoms with Crippen molar-refractivity contribution in [3.05, 3.63) is 63.6 Å². The number of hydrogen-bond donors (Lipinski definition) is 2. The summed E-state index contributed by atoms with van der Waals surface area (Å²) in [6.07, 6.45) is 2.11. The van der Waals surface area contributed by atoms with Gasteiger partial charge in [-0.15, -0.1) is 0 Å². The lowest BCUT2D eigenvalue weighted by atomic mass is 9.98. The van der Waals surface area contributed by atoms with Gasteiger partial charge in [0.05, 0.1) is 6.04 Å². The minimum Gasteiger partial charge on any atom is -0.339 e. The van der Waals surface area contributed by atoms with Crippen LogP contribution in [0.3, 0.4) is 0 Å². The van der Waals surface area contributed by atoms with Gasteiger partial charge in [0.2, 0.25) is 0 Å². The molecule has 1 saturated heterocycles. The summed E-state index contributed by atoms with van der Waals surface area (Å²) in [5, 5.41) is 5.84. The number of benzene rings is 2. The molecule has 3 amide bonds. The van der Waals surface area contributed by atoms with Gasteiger partial charge in [0.1, 0.15) is 0 Å². The fourth-order valence-corrected chi connectivity index (χ4v) is 3.96. The first-order chi connectivity index (χ1) is 13.8. The van der Waals surface area contributed by atoms with Crippen molar-refractivity contribution in [2.75, 3.05) is 18.4 Å². The van der Waals surface area contributed by atoms with Crippen LogP contribution in [0, 0.1) is 12.8 Å². The van der Waals surface area contributed by atoms with Gasteiger partial charge in [-0.3, -0.25) is 4.79 Å². The second-order valence-corrected chi connectivity index (χ2v) is 8.80. The molecule has 1 atom stereocenters. The number of rotatable bonds is 4. The van der Waals surface area contributed by atoms with Crippen molar-refractivity contribution in [1.29, 1.82) is 0 Å². The van der Waals surface area contributed by atoms with Crippen LogP contribution in [-0.2, 0) is 0 Å². The quantitative estimate of drug-likeness (QED) is 0.635. The zero-order valence-electron chi connectivity index (χ0n) is 17.2. The average Bonchev–Trinajstić information content (AvgIpc) is 2.69. The Hall–Kier alpha value is -2.34. The number of aryl methyl sites for hydroxylation is 1. The third-order valence-electron chi connectivity index (χ3n) is 5.49. The lowest BCUT2D eigenvalue weighted by Gasteiger charge is -2.30. The summed E-state index contributed by atoms with van der Waals surface area (Å²) in [5.74, 6) is 0.754. The Morgan fingerprint density at radius 3 is 2.52 bits per heavy atom. The molecule has 1 aliphatic rings. The Balaban J connectivity index is 1.61. The van der Waals surface area contributed by atoms with Crippen LogP contribution < -0.4 is 10.6 Å². The Labute approximate surface area is 181 Å². The van der Waals surface area contributed by atoms with Crippen LogP contribution in [-0.4, -0.2) is 29.9 Å². The molecule has 2 aromatic rings. The van der Waals surface area contributed by atoms with Crippen LogP contribution in [0.15, 0.2) is 46.9 Å². The molecule has 0 bridgehead atoms. The molecule has 6 heteroatoms. The number of carbonyl (C=O) groups is 2. The Morgan fingerprint density at radius 2 is 1.86 bits per heavy atom. The van der Waals surface area contributed by atoms with E-state index in [4.69, 9.17) is 0 Å². The molecule has 1 aliphatic heterocycles. The highest BCUT2D eigenvalue weighted by molar-refractivity contribution is 9.10. The summed E-state index contributed by atoms with van der Waals surface area (Å²) in [6, 6.07) is 12.9. The number of anilines is 1. The Kier molecular flexibility index (Phi) is 6.96. The second kappa shape index (κ2) is 9.44. The van der Waals surface area contributed by atoms with E-state index in [9.17, 15) is 9.59 Å². The molecule has 1 heterocycles. The molecular formula is C23H28BrN3O2. The molecule has 3 rings (SSSR count). The number of amides is 3. The first-order valence-electron chi connectivity index (χ1n) is 10.1. The van der Waals surface area contributed by atoms with Gasteiger partial charge in [0.15, 0.2) is 0 Å². The van der Waals surface area contributed by atoms with E-state index in [-0.39, 0.29) is 18.0 Å². The van der Waals surface area contributed by atoms with Crippen LogP contribution in [0.2, 0.25) is 0 Å². The maximum atomic E-state index is 12.7. The van der Waals surface area contributed by atoms with Gasteiger partial charge in [0, 0.05) is 28.8 Å². The van der Waals surface area contributed by atoms with E-state index in [1.165, 1.54) is 0 Å². The summed E-state index contributed by atoms with van der Waals surface area (Å²) >= 11 is 3.45. The summed E-state index contributed by atoms with van der Waals surface area (Å²) in [6.45, 7) is 7.71. The van der Waals surface area contributed by atoms with Crippen molar-refractivity contribution in [1.82, 2.24) is 10.2 Å². The highest BCUT2D eigenvalue weighted by Crippen LogP contribution is 2.22. The molecule has 5 nitrogen and oxygen atoms in total. The van der Waals surface area contributed by atoms with Gasteiger partial charge in [0.25, 0.3) is 5.91 Å². The number of nitrogens with one attached hydrogen (secondary N) is 2. The highest BCUT2D eigenvalue weighted by Gasteiger charge is 2.22. The Morgan fingerprint density at radius 1 is 1.14 bits per heavy atom. The summed E-state index contributed by atoms with van der Waals surface area (Å²) in [4.78, 5) is 27.1. The standard InChI is InChI=1S/C23H28BrN3O2/c1-15-9-11-27(12-10-15)22(28)19-7-8-21(16(2)13-19)26-23(29)25-17(3)18-5-4-6-20(24)14-18/h4-8,13-15,17H,9-12H2,1-3H3,(H2,25,26,29). The summed E-state index contributed by atoms with van der Waals surface area (Å²) in [7, 11) is 0. The van der Waals surface area contributed by atoms with Crippen LogP contribution in [0.1, 0.15) is 54.2 Å². The molecular weight excluding hydrogens is 430 g/mol. The van der Waals surface area contributed by atoms with E-state index in [1.54, 1.807) is 12.1 Å². The van der Waals surface area contributed by atoms with Crippen LogP contribution in [0.4, 0.5) is 10.5 Å². The van der Waals surface area contributed by atoms with E-state index < -0.39 is 0 Å². The normalized spacial score (nSPS) is 15.7. The van der Waals surface area contributed by atoms with Gasteiger partial charge in [-0.1, -0.05) is 35.0 Å². The fraction of sp³-hybridized carbons (Fsp3) is 0.391. The number of carbonyl (C=O) groups excluding carboxylic acids is 2. The summed E-state index contributed by atoms with van der Waals surface area (Å²) in [5.41, 5.74) is 3.26. The van der Waals surface area contributed by atoms with Gasteiger partial charge >= 0.3 is 6.03 Å². The lowest BCUT2D eigenvalue weighted by Crippen LogP contribution is -2.38. The molecule has 154 valence electrons. The first-order valence-corrected chi connectivity index (χ1v) is 10.9. The molecule has 29 heavy (non-hydrogen) atoms. The van der Waals surface area contributed by atoms with Crippen molar-refractivity contribution >= 4 is 33.6 Å². The van der Waals surface area contributed by atoms with Crippen LogP contribution in [0.25, 0.3) is 0 Å². The Bertz CT molecular complexity index is 891.